The molecule has 0 saturated carbocycles. The average molecular weight is 290 g/mol. The molecule has 0 aliphatic rings. The summed E-state index contributed by atoms with van der Waals surface area (Å²) in [5.41, 5.74) is 1.57. The van der Waals surface area contributed by atoms with Crippen LogP contribution < -0.4 is 15.4 Å². The minimum Gasteiger partial charge on any atom is -0.497 e. The third kappa shape index (κ3) is 4.00. The Morgan fingerprint density at radius 1 is 1.43 bits per heavy atom. The number of hydrogen-bond acceptors (Lipinski definition) is 4. The Hall–Kier alpha value is -2.47. The summed E-state index contributed by atoms with van der Waals surface area (Å²) >= 11 is 0. The molecule has 1 aromatic heterocycles. The molecule has 21 heavy (non-hydrogen) atoms. The third-order valence-corrected chi connectivity index (χ3v) is 3.02. The van der Waals surface area contributed by atoms with Crippen molar-refractivity contribution in [2.75, 3.05) is 19.0 Å². The summed E-state index contributed by atoms with van der Waals surface area (Å²) < 4.78 is 10.2. The standard InChI is InChI=1S/C15H18N2O4/c1-10-5-6-11(20-2)8-12(10)17-15(19)16-9-13(18)14-4-3-7-21-14/h3-8,13,18H,9H2,1-2H3,(H2,16,17,19). The van der Waals surface area contributed by atoms with Crippen LogP contribution in [-0.2, 0) is 0 Å². The van der Waals surface area contributed by atoms with Crippen LogP contribution in [0.2, 0.25) is 0 Å². The van der Waals surface area contributed by atoms with E-state index in [1.54, 1.807) is 25.3 Å². The number of urea groups is 1. The second kappa shape index (κ2) is 6.81. The van der Waals surface area contributed by atoms with Crippen molar-refractivity contribution in [1.29, 1.82) is 0 Å². The van der Waals surface area contributed by atoms with Crippen LogP contribution >= 0.6 is 0 Å². The average Bonchev–Trinajstić information content (AvgIpc) is 3.01. The van der Waals surface area contributed by atoms with Crippen molar-refractivity contribution in [3.8, 4) is 5.75 Å². The number of aliphatic hydroxyl groups is 1. The van der Waals surface area contributed by atoms with E-state index in [0.717, 1.165) is 5.56 Å². The highest BCUT2D eigenvalue weighted by atomic mass is 16.5. The first-order valence-electron chi connectivity index (χ1n) is 6.51. The lowest BCUT2D eigenvalue weighted by molar-refractivity contribution is 0.149. The molecular formula is C15H18N2O4. The van der Waals surface area contributed by atoms with Crippen molar-refractivity contribution >= 4 is 11.7 Å². The topological polar surface area (TPSA) is 83.7 Å². The number of ether oxygens (including phenoxy) is 1. The van der Waals surface area contributed by atoms with Crippen molar-refractivity contribution in [3.05, 3.63) is 47.9 Å². The molecule has 2 rings (SSSR count). The molecule has 3 N–H and O–H groups in total. The van der Waals surface area contributed by atoms with Gasteiger partial charge in [-0.15, -0.1) is 0 Å². The Balaban J connectivity index is 1.90. The van der Waals surface area contributed by atoms with Crippen molar-refractivity contribution in [3.63, 3.8) is 0 Å². The van der Waals surface area contributed by atoms with Crippen LogP contribution in [0.15, 0.2) is 41.0 Å². The van der Waals surface area contributed by atoms with Gasteiger partial charge in [0.05, 0.1) is 19.9 Å². The van der Waals surface area contributed by atoms with E-state index in [-0.39, 0.29) is 6.54 Å². The third-order valence-electron chi connectivity index (χ3n) is 3.02. The van der Waals surface area contributed by atoms with Gasteiger partial charge < -0.3 is 24.9 Å². The van der Waals surface area contributed by atoms with Gasteiger partial charge in [0.25, 0.3) is 0 Å². The summed E-state index contributed by atoms with van der Waals surface area (Å²) in [7, 11) is 1.56. The van der Waals surface area contributed by atoms with Crippen molar-refractivity contribution in [1.82, 2.24) is 5.32 Å². The number of hydrogen-bond donors (Lipinski definition) is 3. The predicted octanol–water partition coefficient (Wildman–Crippen LogP) is 2.45. The van der Waals surface area contributed by atoms with Crippen LogP contribution in [0.4, 0.5) is 10.5 Å². The second-order valence-corrected chi connectivity index (χ2v) is 4.55. The number of nitrogens with one attached hydrogen (secondary N) is 2. The Morgan fingerprint density at radius 2 is 2.24 bits per heavy atom. The molecule has 0 aliphatic heterocycles. The molecule has 1 heterocycles. The zero-order valence-corrected chi connectivity index (χ0v) is 11.9. The minimum absolute atomic E-state index is 0.0579. The van der Waals surface area contributed by atoms with Crippen molar-refractivity contribution in [2.24, 2.45) is 0 Å². The van der Waals surface area contributed by atoms with Crippen LogP contribution in [0, 0.1) is 6.92 Å². The Morgan fingerprint density at radius 3 is 2.90 bits per heavy atom. The summed E-state index contributed by atoms with van der Waals surface area (Å²) in [6.45, 7) is 1.94. The molecule has 6 heteroatoms. The van der Waals surface area contributed by atoms with Crippen LogP contribution in [0.25, 0.3) is 0 Å². The van der Waals surface area contributed by atoms with Crippen molar-refractivity contribution in [2.45, 2.75) is 13.0 Å². The molecule has 1 atom stereocenters. The van der Waals surface area contributed by atoms with Gasteiger partial charge in [-0.05, 0) is 30.7 Å². The highest BCUT2D eigenvalue weighted by Crippen LogP contribution is 2.21. The number of rotatable bonds is 5. The molecule has 1 aromatic carbocycles. The first-order valence-corrected chi connectivity index (χ1v) is 6.51. The molecule has 0 saturated heterocycles. The lowest BCUT2D eigenvalue weighted by Crippen LogP contribution is -2.32. The van der Waals surface area contributed by atoms with Gasteiger partial charge in [0.2, 0.25) is 0 Å². The fourth-order valence-electron chi connectivity index (χ4n) is 1.80. The first kappa shape index (κ1) is 14.9. The molecule has 0 aliphatic carbocycles. The molecular weight excluding hydrogens is 272 g/mol. The predicted molar refractivity (Wildman–Crippen MR) is 78.4 cm³/mol. The number of carbonyl (C=O) groups excluding carboxylic acids is 1. The van der Waals surface area contributed by atoms with E-state index in [1.807, 2.05) is 19.1 Å². The van der Waals surface area contributed by atoms with Gasteiger partial charge in [-0.1, -0.05) is 6.07 Å². The first-order chi connectivity index (χ1) is 10.1. The smallest absolute Gasteiger partial charge is 0.319 e. The summed E-state index contributed by atoms with van der Waals surface area (Å²) in [5.74, 6) is 1.07. The summed E-state index contributed by atoms with van der Waals surface area (Å²) in [6.07, 6.45) is 0.593. The van der Waals surface area contributed by atoms with E-state index in [0.29, 0.717) is 17.2 Å². The van der Waals surface area contributed by atoms with E-state index in [4.69, 9.17) is 9.15 Å². The molecule has 0 bridgehead atoms. The fraction of sp³-hybridized carbons (Fsp3) is 0.267. The van der Waals surface area contributed by atoms with Crippen LogP contribution in [0.3, 0.4) is 0 Å². The van der Waals surface area contributed by atoms with Gasteiger partial charge in [-0.3, -0.25) is 0 Å². The van der Waals surface area contributed by atoms with Gasteiger partial charge in [0, 0.05) is 11.8 Å². The highest BCUT2D eigenvalue weighted by Gasteiger charge is 2.12. The van der Waals surface area contributed by atoms with Gasteiger partial charge in [-0.2, -0.15) is 0 Å². The molecule has 6 nitrogen and oxygen atoms in total. The van der Waals surface area contributed by atoms with Crippen LogP contribution in [-0.4, -0.2) is 24.8 Å². The summed E-state index contributed by atoms with van der Waals surface area (Å²) in [6, 6.07) is 8.33. The molecule has 0 radical (unpaired) electrons. The molecule has 1 unspecified atom stereocenters. The number of aliphatic hydroxyl groups excluding tert-OH is 1. The number of benzene rings is 1. The zero-order chi connectivity index (χ0) is 15.2. The fourth-order valence-corrected chi connectivity index (χ4v) is 1.80. The van der Waals surface area contributed by atoms with E-state index in [1.165, 1.54) is 6.26 Å². The van der Waals surface area contributed by atoms with Crippen LogP contribution in [0.5, 0.6) is 5.75 Å². The van der Waals surface area contributed by atoms with E-state index in [2.05, 4.69) is 10.6 Å². The van der Waals surface area contributed by atoms with E-state index >= 15 is 0 Å². The highest BCUT2D eigenvalue weighted by molar-refractivity contribution is 5.90. The van der Waals surface area contributed by atoms with Crippen LogP contribution in [0.1, 0.15) is 17.4 Å². The Bertz CT molecular complexity index is 596. The molecule has 2 amide bonds. The molecule has 0 fully saturated rings. The van der Waals surface area contributed by atoms with Gasteiger partial charge in [0.15, 0.2) is 0 Å². The number of furan rings is 1. The van der Waals surface area contributed by atoms with E-state index < -0.39 is 12.1 Å². The zero-order valence-electron chi connectivity index (χ0n) is 11.9. The second-order valence-electron chi connectivity index (χ2n) is 4.55. The van der Waals surface area contributed by atoms with E-state index in [9.17, 15) is 9.90 Å². The molecule has 0 spiro atoms. The lowest BCUT2D eigenvalue weighted by atomic mass is 10.2. The SMILES string of the molecule is COc1ccc(C)c(NC(=O)NCC(O)c2ccco2)c1. The molecule has 2 aromatic rings. The number of aryl methyl sites for hydroxylation is 1. The van der Waals surface area contributed by atoms with Gasteiger partial charge in [-0.25, -0.2) is 4.79 Å². The summed E-state index contributed by atoms with van der Waals surface area (Å²) in [4.78, 5) is 11.8. The normalized spacial score (nSPS) is 11.8. The number of methoxy groups -OCH3 is 1. The Labute approximate surface area is 122 Å². The lowest BCUT2D eigenvalue weighted by Gasteiger charge is -2.13. The molecule has 112 valence electrons. The monoisotopic (exact) mass is 290 g/mol. The minimum atomic E-state index is -0.878. The maximum atomic E-state index is 11.8. The summed E-state index contributed by atoms with van der Waals surface area (Å²) in [5, 5.41) is 15.1. The Kier molecular flexibility index (Phi) is 4.84. The maximum Gasteiger partial charge on any atom is 0.319 e. The van der Waals surface area contributed by atoms with Gasteiger partial charge in [0.1, 0.15) is 17.6 Å². The van der Waals surface area contributed by atoms with Gasteiger partial charge >= 0.3 is 6.03 Å². The maximum absolute atomic E-state index is 11.8. The number of carbonyl (C=O) groups is 1. The largest absolute Gasteiger partial charge is 0.497 e. The van der Waals surface area contributed by atoms with Crippen molar-refractivity contribution < 1.29 is 19.1 Å². The number of anilines is 1. The number of amides is 2. The quantitative estimate of drug-likeness (QED) is 0.789.